The molecule has 2 aromatic rings. The molecule has 0 aliphatic carbocycles. The zero-order valence-electron chi connectivity index (χ0n) is 17.0. The van der Waals surface area contributed by atoms with Crippen LogP contribution in [0.25, 0.3) is 6.08 Å². The lowest BCUT2D eigenvalue weighted by Crippen LogP contribution is -2.46. The van der Waals surface area contributed by atoms with Crippen LogP contribution in [0.4, 0.5) is 5.69 Å². The molecule has 2 aromatic carbocycles. The van der Waals surface area contributed by atoms with Gasteiger partial charge < -0.3 is 20.1 Å². The fourth-order valence-corrected chi connectivity index (χ4v) is 5.09. The van der Waals surface area contributed by atoms with Gasteiger partial charge in [0, 0.05) is 12.3 Å². The van der Waals surface area contributed by atoms with Crippen LogP contribution in [0.15, 0.2) is 48.7 Å². The molecule has 0 saturated carbocycles. The number of nitrogens with two attached hydrogens (primary N) is 1. The normalized spacial score (nSPS) is 25.9. The zero-order chi connectivity index (χ0) is 21.9. The van der Waals surface area contributed by atoms with Gasteiger partial charge in [0.05, 0.1) is 37.8 Å². The average molecular weight is 419 g/mol. The number of hydrogen-bond acceptors (Lipinski definition) is 6. The number of fused-ring (bicyclic) bond motifs is 5. The molecule has 158 valence electrons. The number of nitrogens with zero attached hydrogens (tertiary/aromatic N) is 2. The second-order valence-corrected chi connectivity index (χ2v) is 7.79. The van der Waals surface area contributed by atoms with E-state index < -0.39 is 35.7 Å². The average Bonchev–Trinajstić information content (AvgIpc) is 3.26. The third kappa shape index (κ3) is 2.57. The van der Waals surface area contributed by atoms with E-state index >= 15 is 0 Å². The lowest BCUT2D eigenvalue weighted by Gasteiger charge is -2.34. The lowest BCUT2D eigenvalue weighted by atomic mass is 9.84. The number of ether oxygens (including phenoxy) is 2. The molecule has 0 radical (unpaired) electrons. The number of carbonyl (C=O) groups is 3. The predicted octanol–water partition coefficient (Wildman–Crippen LogP) is 1.70. The fourth-order valence-electron chi connectivity index (χ4n) is 5.09. The molecule has 3 aliphatic heterocycles. The topological polar surface area (TPSA) is 102 Å². The van der Waals surface area contributed by atoms with Crippen LogP contribution < -0.4 is 20.1 Å². The van der Waals surface area contributed by atoms with Crippen LogP contribution in [0.2, 0.25) is 0 Å². The summed E-state index contributed by atoms with van der Waals surface area (Å²) in [7, 11) is 2.98. The third-order valence-corrected chi connectivity index (χ3v) is 6.38. The number of imide groups is 1. The summed E-state index contributed by atoms with van der Waals surface area (Å²) in [5.74, 6) is -2.21. The first-order valence-electron chi connectivity index (χ1n) is 9.91. The number of hydrogen-bond donors (Lipinski definition) is 1. The van der Waals surface area contributed by atoms with Crippen LogP contribution in [0.3, 0.4) is 0 Å². The van der Waals surface area contributed by atoms with Crippen LogP contribution in [0.5, 0.6) is 11.5 Å². The summed E-state index contributed by atoms with van der Waals surface area (Å²) in [6.07, 6.45) is 3.64. The quantitative estimate of drug-likeness (QED) is 0.757. The van der Waals surface area contributed by atoms with Gasteiger partial charge >= 0.3 is 0 Å². The minimum Gasteiger partial charge on any atom is -0.497 e. The molecule has 0 bridgehead atoms. The number of anilines is 1. The molecule has 0 spiro atoms. The van der Waals surface area contributed by atoms with Crippen LogP contribution in [0.1, 0.15) is 17.2 Å². The highest BCUT2D eigenvalue weighted by atomic mass is 16.5. The minimum absolute atomic E-state index is 0.321. The molecule has 5 rings (SSSR count). The van der Waals surface area contributed by atoms with Crippen molar-refractivity contribution in [3.05, 3.63) is 59.8 Å². The van der Waals surface area contributed by atoms with E-state index in [0.717, 1.165) is 16.0 Å². The zero-order valence-corrected chi connectivity index (χ0v) is 17.0. The van der Waals surface area contributed by atoms with Gasteiger partial charge in [-0.15, -0.1) is 0 Å². The second-order valence-electron chi connectivity index (χ2n) is 7.79. The number of methoxy groups -OCH3 is 2. The Morgan fingerprint density at radius 3 is 2.45 bits per heavy atom. The Bertz CT molecular complexity index is 1140. The van der Waals surface area contributed by atoms with Crippen LogP contribution in [-0.2, 0) is 14.4 Å². The molecule has 3 heterocycles. The van der Waals surface area contributed by atoms with Gasteiger partial charge in [-0.1, -0.05) is 24.3 Å². The maximum Gasteiger partial charge on any atom is 0.240 e. The first-order chi connectivity index (χ1) is 15.0. The standard InChI is InChI=1S/C23H21N3O5/c1-30-13-7-8-15(16(11-13)31-2)26-22(28)17-18(23(26)29)20(21(24)27)25-10-9-12-5-3-4-6-14(12)19(17)25/h3-11,17-20H,1-2H3,(H2,24,27)/t17-,18+,19-,20+/m0/s1. The summed E-state index contributed by atoms with van der Waals surface area (Å²) in [6.45, 7) is 0. The summed E-state index contributed by atoms with van der Waals surface area (Å²) in [6, 6.07) is 11.2. The number of rotatable bonds is 4. The third-order valence-electron chi connectivity index (χ3n) is 6.38. The SMILES string of the molecule is COc1ccc(N2C(=O)[C@@H]3[C@H](C2=O)[C@@H]2c4ccccc4C=CN2[C@H]3C(N)=O)c(OC)c1. The number of amides is 3. The van der Waals surface area contributed by atoms with Crippen molar-refractivity contribution in [3.63, 3.8) is 0 Å². The smallest absolute Gasteiger partial charge is 0.240 e. The molecular formula is C23H21N3O5. The van der Waals surface area contributed by atoms with E-state index in [1.165, 1.54) is 14.2 Å². The molecule has 2 saturated heterocycles. The van der Waals surface area contributed by atoms with Crippen LogP contribution in [-0.4, -0.2) is 42.9 Å². The monoisotopic (exact) mass is 419 g/mol. The second kappa shape index (κ2) is 6.87. The van der Waals surface area contributed by atoms with Crippen LogP contribution >= 0.6 is 0 Å². The van der Waals surface area contributed by atoms with Crippen molar-refractivity contribution in [2.75, 3.05) is 19.1 Å². The summed E-state index contributed by atoms with van der Waals surface area (Å²) in [5, 5.41) is 0. The first-order valence-corrected chi connectivity index (χ1v) is 9.91. The van der Waals surface area contributed by atoms with Gasteiger partial charge in [-0.3, -0.25) is 14.4 Å². The van der Waals surface area contributed by atoms with E-state index in [1.54, 1.807) is 29.3 Å². The Morgan fingerprint density at radius 1 is 1.00 bits per heavy atom. The van der Waals surface area contributed by atoms with Gasteiger partial charge in [0.1, 0.15) is 17.5 Å². The highest BCUT2D eigenvalue weighted by Gasteiger charge is 2.64. The van der Waals surface area contributed by atoms with Gasteiger partial charge in [0.15, 0.2) is 0 Å². The number of primary amides is 1. The fraction of sp³-hybridized carbons (Fsp3) is 0.261. The van der Waals surface area contributed by atoms with Crippen molar-refractivity contribution in [2.45, 2.75) is 12.1 Å². The van der Waals surface area contributed by atoms with Gasteiger partial charge in [0.2, 0.25) is 17.7 Å². The van der Waals surface area contributed by atoms with Gasteiger partial charge in [-0.25, -0.2) is 4.90 Å². The van der Waals surface area contributed by atoms with Gasteiger partial charge in [-0.2, -0.15) is 0 Å². The lowest BCUT2D eigenvalue weighted by molar-refractivity contribution is -0.129. The van der Waals surface area contributed by atoms with Crippen molar-refractivity contribution in [1.82, 2.24) is 4.90 Å². The Balaban J connectivity index is 1.64. The summed E-state index contributed by atoms with van der Waals surface area (Å²) in [5.41, 5.74) is 7.90. The predicted molar refractivity (Wildman–Crippen MR) is 112 cm³/mol. The van der Waals surface area contributed by atoms with E-state index in [4.69, 9.17) is 15.2 Å². The van der Waals surface area contributed by atoms with Crippen molar-refractivity contribution in [3.8, 4) is 11.5 Å². The summed E-state index contributed by atoms with van der Waals surface area (Å²) >= 11 is 0. The number of benzene rings is 2. The van der Waals surface area contributed by atoms with E-state index in [0.29, 0.717) is 17.2 Å². The van der Waals surface area contributed by atoms with E-state index in [-0.39, 0.29) is 5.91 Å². The summed E-state index contributed by atoms with van der Waals surface area (Å²) in [4.78, 5) is 42.5. The minimum atomic E-state index is -0.912. The molecule has 2 N–H and O–H groups in total. The molecule has 0 unspecified atom stereocenters. The van der Waals surface area contributed by atoms with E-state index in [2.05, 4.69) is 0 Å². The molecule has 2 fully saturated rings. The maximum absolute atomic E-state index is 13.7. The van der Waals surface area contributed by atoms with Gasteiger partial charge in [0.25, 0.3) is 0 Å². The Labute approximate surface area is 178 Å². The Morgan fingerprint density at radius 2 is 1.74 bits per heavy atom. The van der Waals surface area contributed by atoms with Gasteiger partial charge in [-0.05, 0) is 29.3 Å². The highest BCUT2D eigenvalue weighted by molar-refractivity contribution is 6.24. The molecule has 3 aliphatic rings. The first kappa shape index (κ1) is 19.2. The molecule has 31 heavy (non-hydrogen) atoms. The van der Waals surface area contributed by atoms with Crippen molar-refractivity contribution in [2.24, 2.45) is 17.6 Å². The molecule has 3 amide bonds. The van der Waals surface area contributed by atoms with E-state index in [1.807, 2.05) is 30.3 Å². The van der Waals surface area contributed by atoms with Crippen molar-refractivity contribution < 1.29 is 23.9 Å². The summed E-state index contributed by atoms with van der Waals surface area (Å²) < 4.78 is 10.6. The largest absolute Gasteiger partial charge is 0.497 e. The Hall–Kier alpha value is -3.81. The van der Waals surface area contributed by atoms with Crippen LogP contribution in [0, 0.1) is 11.8 Å². The Kier molecular flexibility index (Phi) is 4.25. The van der Waals surface area contributed by atoms with E-state index in [9.17, 15) is 14.4 Å². The molecule has 8 nitrogen and oxygen atoms in total. The van der Waals surface area contributed by atoms with Crippen molar-refractivity contribution >= 4 is 29.5 Å². The highest BCUT2D eigenvalue weighted by Crippen LogP contribution is 2.53. The molecule has 0 aromatic heterocycles. The molecular weight excluding hydrogens is 398 g/mol. The number of carbonyl (C=O) groups excluding carboxylic acids is 3. The van der Waals surface area contributed by atoms with Crippen molar-refractivity contribution in [1.29, 1.82) is 0 Å². The maximum atomic E-state index is 13.7. The molecule has 8 heteroatoms. The molecule has 4 atom stereocenters.